The first-order valence-electron chi connectivity index (χ1n) is 12.4. The van der Waals surface area contributed by atoms with Gasteiger partial charge < -0.3 is 25.4 Å². The first-order chi connectivity index (χ1) is 18.9. The van der Waals surface area contributed by atoms with Gasteiger partial charge in [0, 0.05) is 17.8 Å². The van der Waals surface area contributed by atoms with Crippen molar-refractivity contribution < 1.29 is 41.5 Å². The fourth-order valence-electron chi connectivity index (χ4n) is 4.50. The van der Waals surface area contributed by atoms with E-state index in [1.54, 1.807) is 6.92 Å². The van der Waals surface area contributed by atoms with Crippen LogP contribution in [0, 0.1) is 11.7 Å². The maximum absolute atomic E-state index is 14.3. The summed E-state index contributed by atoms with van der Waals surface area (Å²) in [5.74, 6) is -3.88. The third-order valence-corrected chi connectivity index (χ3v) is 8.27. The Morgan fingerprint density at radius 1 is 1.12 bits per heavy atom. The maximum atomic E-state index is 14.3. The van der Waals surface area contributed by atoms with Crippen molar-refractivity contribution >= 4 is 45.1 Å². The summed E-state index contributed by atoms with van der Waals surface area (Å²) in [6.07, 6.45) is -0.635. The van der Waals surface area contributed by atoms with E-state index in [-0.39, 0.29) is 52.7 Å². The van der Waals surface area contributed by atoms with Crippen LogP contribution in [0.15, 0.2) is 41.3 Å². The van der Waals surface area contributed by atoms with E-state index in [4.69, 9.17) is 10.5 Å². The number of nitrogens with two attached hydrogens (primary N) is 1. The second kappa shape index (κ2) is 12.8. The number of likely N-dealkylation sites (tertiary alicyclic amines) is 1. The maximum Gasteiger partial charge on any atom is 0.411 e. The highest BCUT2D eigenvalue weighted by Crippen LogP contribution is 2.42. The third-order valence-electron chi connectivity index (χ3n) is 6.46. The van der Waals surface area contributed by atoms with Crippen molar-refractivity contribution in [2.45, 2.75) is 31.2 Å². The van der Waals surface area contributed by atoms with Crippen LogP contribution >= 0.6 is 0 Å². The van der Waals surface area contributed by atoms with Gasteiger partial charge in [0.2, 0.25) is 11.8 Å². The Kier molecular flexibility index (Phi) is 9.69. The lowest BCUT2D eigenvalue weighted by molar-refractivity contribution is -0.149. The fourth-order valence-corrected chi connectivity index (χ4v) is 5.63. The number of sulfone groups is 1. The average molecular weight is 579 g/mol. The van der Waals surface area contributed by atoms with E-state index in [0.29, 0.717) is 0 Å². The van der Waals surface area contributed by atoms with Crippen LogP contribution in [-0.4, -0.2) is 69.8 Å². The smallest absolute Gasteiger partial charge is 0.411 e. The monoisotopic (exact) mass is 578 g/mol. The highest BCUT2D eigenvalue weighted by Gasteiger charge is 2.44. The number of methoxy groups -OCH3 is 1. The van der Waals surface area contributed by atoms with Gasteiger partial charge in [0.05, 0.1) is 48.6 Å². The van der Waals surface area contributed by atoms with Gasteiger partial charge in [0.25, 0.3) is 0 Å². The summed E-state index contributed by atoms with van der Waals surface area (Å²) >= 11 is 0. The molecular weight excluding hydrogens is 547 g/mol. The Morgan fingerprint density at radius 3 is 2.48 bits per heavy atom. The molecule has 1 aliphatic rings. The Morgan fingerprint density at radius 2 is 1.85 bits per heavy atom. The first-order valence-corrected chi connectivity index (χ1v) is 14.1. The van der Waals surface area contributed by atoms with Crippen LogP contribution in [-0.2, 0) is 28.9 Å². The molecule has 14 heteroatoms. The molecule has 1 heterocycles. The van der Waals surface area contributed by atoms with E-state index in [9.17, 15) is 32.0 Å². The minimum absolute atomic E-state index is 0.0297. The summed E-state index contributed by atoms with van der Waals surface area (Å²) in [7, 11) is -2.68. The highest BCUT2D eigenvalue weighted by molar-refractivity contribution is 7.91. The molecule has 0 saturated carbocycles. The number of rotatable bonds is 10. The number of hydrogen-bond donors (Lipinski definition) is 3. The SMILES string of the molecule is CCOC(=O)[C@@H]1CCN(C(=O)CNc2cc(C(N)=O)ccc2F)[C@H]1c1cc(NC(=O)OC)ccc1S(=O)(=O)CC. The highest BCUT2D eigenvalue weighted by atomic mass is 32.2. The number of nitrogens with one attached hydrogen (secondary N) is 2. The van der Waals surface area contributed by atoms with Gasteiger partial charge in [-0.3, -0.25) is 19.7 Å². The molecule has 1 saturated heterocycles. The lowest BCUT2D eigenvalue weighted by Crippen LogP contribution is -2.38. The van der Waals surface area contributed by atoms with Crippen molar-refractivity contribution in [2.24, 2.45) is 11.7 Å². The van der Waals surface area contributed by atoms with Crippen molar-refractivity contribution in [2.75, 3.05) is 43.2 Å². The summed E-state index contributed by atoms with van der Waals surface area (Å²) in [4.78, 5) is 50.9. The van der Waals surface area contributed by atoms with Crippen molar-refractivity contribution in [3.8, 4) is 0 Å². The summed E-state index contributed by atoms with van der Waals surface area (Å²) in [6, 6.07) is 6.38. The van der Waals surface area contributed by atoms with Crippen molar-refractivity contribution in [3.05, 3.63) is 53.3 Å². The first kappa shape index (κ1) is 30.3. The normalized spacial score (nSPS) is 16.8. The molecule has 3 rings (SSSR count). The number of esters is 1. The zero-order valence-electron chi connectivity index (χ0n) is 22.2. The number of benzene rings is 2. The van der Waals surface area contributed by atoms with E-state index < -0.39 is 58.0 Å². The lowest BCUT2D eigenvalue weighted by Gasteiger charge is -2.30. The predicted octanol–water partition coefficient (Wildman–Crippen LogP) is 2.46. The number of carbonyl (C=O) groups is 4. The zero-order valence-corrected chi connectivity index (χ0v) is 23.0. The average Bonchev–Trinajstić information content (AvgIpc) is 3.37. The molecule has 0 unspecified atom stereocenters. The molecule has 1 fully saturated rings. The number of halogens is 1. The number of amides is 3. The van der Waals surface area contributed by atoms with Gasteiger partial charge in [-0.25, -0.2) is 17.6 Å². The molecule has 0 aromatic heterocycles. The van der Waals surface area contributed by atoms with Gasteiger partial charge in [-0.15, -0.1) is 0 Å². The van der Waals surface area contributed by atoms with Gasteiger partial charge in [-0.05, 0) is 55.3 Å². The minimum atomic E-state index is -3.84. The molecule has 216 valence electrons. The quantitative estimate of drug-likeness (QED) is 0.358. The van der Waals surface area contributed by atoms with Crippen molar-refractivity contribution in [1.82, 2.24) is 4.90 Å². The molecule has 40 heavy (non-hydrogen) atoms. The molecule has 2 aromatic rings. The lowest BCUT2D eigenvalue weighted by atomic mass is 9.93. The van der Waals surface area contributed by atoms with Crippen LogP contribution in [0.25, 0.3) is 0 Å². The zero-order chi connectivity index (χ0) is 29.6. The predicted molar refractivity (Wildman–Crippen MR) is 143 cm³/mol. The summed E-state index contributed by atoms with van der Waals surface area (Å²) in [5, 5.41) is 5.11. The summed E-state index contributed by atoms with van der Waals surface area (Å²) < 4.78 is 50.3. The van der Waals surface area contributed by atoms with E-state index in [1.807, 2.05) is 0 Å². The van der Waals surface area contributed by atoms with Crippen molar-refractivity contribution in [1.29, 1.82) is 0 Å². The fraction of sp³-hybridized carbons (Fsp3) is 0.385. The summed E-state index contributed by atoms with van der Waals surface area (Å²) in [5.41, 5.74) is 5.45. The molecule has 4 N–H and O–H groups in total. The standard InChI is InChI=1S/C26H31FN4O8S/c1-4-39-25(34)17-10-11-31(22(32)14-29-20-12-15(24(28)33)6-8-19(20)27)23(17)18-13-16(30-26(35)38-3)7-9-21(18)40(36,37)5-2/h6-9,12-13,17,23,29H,4-5,10-11,14H2,1-3H3,(H2,28,33)(H,30,35)/t17-,23-/m1/s1. The third kappa shape index (κ3) is 6.68. The molecule has 0 aliphatic carbocycles. The number of nitrogens with zero attached hydrogens (tertiary/aromatic N) is 1. The van der Waals surface area contributed by atoms with Crippen LogP contribution in [0.1, 0.15) is 42.2 Å². The van der Waals surface area contributed by atoms with Crippen LogP contribution in [0.5, 0.6) is 0 Å². The Bertz CT molecular complexity index is 1420. The second-order valence-corrected chi connectivity index (χ2v) is 11.1. The minimum Gasteiger partial charge on any atom is -0.466 e. The van der Waals surface area contributed by atoms with Gasteiger partial charge in [-0.2, -0.15) is 0 Å². The number of anilines is 2. The Balaban J connectivity index is 2.05. The summed E-state index contributed by atoms with van der Waals surface area (Å²) in [6.45, 7) is 2.77. The van der Waals surface area contributed by atoms with Crippen LogP contribution in [0.4, 0.5) is 20.6 Å². The molecule has 3 amide bonds. The number of ether oxygens (including phenoxy) is 2. The second-order valence-electron chi connectivity index (χ2n) is 8.86. The molecule has 12 nitrogen and oxygen atoms in total. The molecule has 0 bridgehead atoms. The van der Waals surface area contributed by atoms with E-state index in [1.165, 1.54) is 42.2 Å². The van der Waals surface area contributed by atoms with Crippen LogP contribution < -0.4 is 16.4 Å². The van der Waals surface area contributed by atoms with Crippen LogP contribution in [0.2, 0.25) is 0 Å². The number of carbonyl (C=O) groups excluding carboxylic acids is 4. The van der Waals surface area contributed by atoms with Gasteiger partial charge >= 0.3 is 12.1 Å². The number of hydrogen-bond acceptors (Lipinski definition) is 9. The van der Waals surface area contributed by atoms with Gasteiger partial charge in [0.1, 0.15) is 5.82 Å². The molecule has 2 aromatic carbocycles. The molecule has 2 atom stereocenters. The molecular formula is C26H31FN4O8S. The Labute approximate surface area is 230 Å². The van der Waals surface area contributed by atoms with Gasteiger partial charge in [-0.1, -0.05) is 6.92 Å². The largest absolute Gasteiger partial charge is 0.466 e. The Hall–Kier alpha value is -4.20. The van der Waals surface area contributed by atoms with E-state index >= 15 is 0 Å². The molecule has 0 radical (unpaired) electrons. The van der Waals surface area contributed by atoms with E-state index in [2.05, 4.69) is 15.4 Å². The van der Waals surface area contributed by atoms with Gasteiger partial charge in [0.15, 0.2) is 9.84 Å². The van der Waals surface area contributed by atoms with Crippen LogP contribution in [0.3, 0.4) is 0 Å². The topological polar surface area (TPSA) is 174 Å². The molecule has 0 spiro atoms. The molecule has 1 aliphatic heterocycles. The van der Waals surface area contributed by atoms with Crippen molar-refractivity contribution in [3.63, 3.8) is 0 Å². The number of primary amides is 1. The van der Waals surface area contributed by atoms with E-state index in [0.717, 1.165) is 13.2 Å².